The lowest BCUT2D eigenvalue weighted by Gasteiger charge is -2.32. The fourth-order valence-corrected chi connectivity index (χ4v) is 9.50. The molecule has 0 spiro atoms. The molecule has 4 aromatic rings. The Balaban J connectivity index is 0.000000280. The van der Waals surface area contributed by atoms with Crippen LogP contribution in [0.3, 0.4) is 0 Å². The summed E-state index contributed by atoms with van der Waals surface area (Å²) in [5, 5.41) is 6.35. The summed E-state index contributed by atoms with van der Waals surface area (Å²) < 4.78 is 128. The van der Waals surface area contributed by atoms with E-state index in [1.54, 1.807) is 62.6 Å². The topological polar surface area (TPSA) is 163 Å². The Morgan fingerprint density at radius 1 is 0.703 bits per heavy atom. The second kappa shape index (κ2) is 18.3. The highest BCUT2D eigenvalue weighted by Gasteiger charge is 2.47. The van der Waals surface area contributed by atoms with Crippen molar-refractivity contribution in [3.8, 4) is 23.0 Å². The zero-order chi connectivity index (χ0) is 46.1. The molecular formula is C44H50F5N5O8S2. The number of carbonyl (C=O) groups is 2. The molecule has 4 heterocycles. The Hall–Kier alpha value is -5.83. The van der Waals surface area contributed by atoms with Crippen molar-refractivity contribution in [1.82, 2.24) is 20.4 Å². The molecule has 3 N–H and O–H groups in total. The van der Waals surface area contributed by atoms with Crippen molar-refractivity contribution in [2.24, 2.45) is 11.8 Å². The van der Waals surface area contributed by atoms with Crippen LogP contribution in [0.25, 0.3) is 11.1 Å². The number of hydrogen-bond donors (Lipinski definition) is 3. The van der Waals surface area contributed by atoms with E-state index in [0.29, 0.717) is 42.0 Å². The predicted octanol–water partition coefficient (Wildman–Crippen LogP) is 7.75. The van der Waals surface area contributed by atoms with E-state index in [1.165, 1.54) is 64.2 Å². The molecule has 0 bridgehead atoms. The first-order valence-corrected chi connectivity index (χ1v) is 23.4. The summed E-state index contributed by atoms with van der Waals surface area (Å²) in [7, 11) is -5.66. The Kier molecular flexibility index (Phi) is 13.2. The van der Waals surface area contributed by atoms with E-state index in [4.69, 9.17) is 9.47 Å². The van der Waals surface area contributed by atoms with Crippen LogP contribution in [-0.4, -0.2) is 89.0 Å². The first kappa shape index (κ1) is 46.2. The van der Waals surface area contributed by atoms with Gasteiger partial charge in [0, 0.05) is 65.2 Å². The molecule has 13 nitrogen and oxygen atoms in total. The Labute approximate surface area is 371 Å². The number of alkyl halides is 3. The van der Waals surface area contributed by atoms with Gasteiger partial charge in [0.15, 0.2) is 33.0 Å². The van der Waals surface area contributed by atoms with Crippen LogP contribution in [0.4, 0.5) is 27.6 Å². The second-order valence-electron chi connectivity index (χ2n) is 15.6. The van der Waals surface area contributed by atoms with Gasteiger partial charge >= 0.3 is 15.5 Å². The van der Waals surface area contributed by atoms with Gasteiger partial charge < -0.3 is 29.9 Å². The first-order valence-electron chi connectivity index (χ1n) is 20.1. The maximum atomic E-state index is 14.2. The van der Waals surface area contributed by atoms with Crippen molar-refractivity contribution in [1.29, 1.82) is 0 Å². The molecule has 64 heavy (non-hydrogen) atoms. The summed E-state index contributed by atoms with van der Waals surface area (Å²) in [6, 6.07) is 19.5. The van der Waals surface area contributed by atoms with Gasteiger partial charge in [-0.05, 0) is 97.2 Å². The highest BCUT2D eigenvalue weighted by Crippen LogP contribution is 2.44. The Bertz CT molecular complexity index is 2770. The zero-order valence-electron chi connectivity index (χ0n) is 34.7. The number of sulfonamides is 1. The lowest BCUT2D eigenvalue weighted by atomic mass is 9.84. The van der Waals surface area contributed by atoms with Crippen LogP contribution in [0, 0.1) is 23.5 Å². The van der Waals surface area contributed by atoms with Gasteiger partial charge in [0.25, 0.3) is 0 Å². The Morgan fingerprint density at radius 2 is 1.17 bits per heavy atom. The number of anilines is 1. The maximum absolute atomic E-state index is 14.2. The van der Waals surface area contributed by atoms with Crippen molar-refractivity contribution < 1.29 is 62.1 Å². The normalized spacial score (nSPS) is 21.0. The molecule has 8 rings (SSSR count). The van der Waals surface area contributed by atoms with Crippen LogP contribution in [0.1, 0.15) is 40.7 Å². The van der Waals surface area contributed by atoms with Crippen LogP contribution in [0.15, 0.2) is 97.3 Å². The number of amides is 2. The quantitative estimate of drug-likeness (QED) is 0.127. The molecule has 4 aromatic carbocycles. The number of para-hydroxylation sites is 2. The zero-order valence-corrected chi connectivity index (χ0v) is 36.3. The molecule has 4 aliphatic rings. The summed E-state index contributed by atoms with van der Waals surface area (Å²) in [4.78, 5) is 27.9. The molecule has 4 aliphatic heterocycles. The fourth-order valence-electron chi connectivity index (χ4n) is 8.06. The van der Waals surface area contributed by atoms with Crippen LogP contribution in [0.2, 0.25) is 0 Å². The molecule has 0 saturated carbocycles. The fraction of sp³-hybridized carbons (Fsp3) is 0.318. The van der Waals surface area contributed by atoms with Gasteiger partial charge in [-0.3, -0.25) is 14.3 Å². The molecule has 0 radical (unpaired) electrons. The average molecular weight is 936 g/mol. The molecule has 20 heteroatoms. The van der Waals surface area contributed by atoms with E-state index in [9.17, 15) is 48.4 Å². The molecular weight excluding hydrogens is 886 g/mol. The average Bonchev–Trinajstić information content (AvgIpc) is 3.95. The maximum Gasteiger partial charge on any atom is 0.516 e. The molecule has 4 atom stereocenters. The number of hydrogen-bond acceptors (Lipinski definition) is 10. The third-order valence-electron chi connectivity index (χ3n) is 11.3. The third kappa shape index (κ3) is 9.79. The lowest BCUT2D eigenvalue weighted by Crippen LogP contribution is -2.46. The molecule has 0 aliphatic carbocycles. The van der Waals surface area contributed by atoms with Crippen molar-refractivity contribution in [3.63, 3.8) is 0 Å². The number of fused-ring (bicyclic) bond motifs is 2. The van der Waals surface area contributed by atoms with Gasteiger partial charge in [0.1, 0.15) is 11.5 Å². The second-order valence-corrected chi connectivity index (χ2v) is 19.6. The van der Waals surface area contributed by atoms with Gasteiger partial charge in [-0.1, -0.05) is 37.3 Å². The number of likely N-dealkylation sites (N-methyl/N-ethyl adjacent to an activating group) is 2. The van der Waals surface area contributed by atoms with Crippen molar-refractivity contribution >= 4 is 48.5 Å². The van der Waals surface area contributed by atoms with Crippen LogP contribution in [-0.2, 0) is 35.2 Å². The number of carbonyl (C=O) groups excluding carboxylic acids is 2. The lowest BCUT2D eigenvalue weighted by molar-refractivity contribution is -0.131. The van der Waals surface area contributed by atoms with Gasteiger partial charge in [0.2, 0.25) is 11.8 Å². The van der Waals surface area contributed by atoms with Gasteiger partial charge in [-0.25, -0.2) is 17.2 Å². The molecule has 2 fully saturated rings. The van der Waals surface area contributed by atoms with Crippen LogP contribution >= 0.6 is 0 Å². The van der Waals surface area contributed by atoms with E-state index >= 15 is 0 Å². The predicted molar refractivity (Wildman–Crippen MR) is 235 cm³/mol. The monoisotopic (exact) mass is 935 g/mol. The minimum atomic E-state index is -5.66. The summed E-state index contributed by atoms with van der Waals surface area (Å²) in [6.07, 6.45) is 4.64. The van der Waals surface area contributed by atoms with E-state index < -0.39 is 43.0 Å². The van der Waals surface area contributed by atoms with Gasteiger partial charge in [0.05, 0.1) is 17.8 Å². The van der Waals surface area contributed by atoms with Crippen LogP contribution in [0.5, 0.6) is 23.0 Å². The summed E-state index contributed by atoms with van der Waals surface area (Å²) >= 11 is 0. The third-order valence-corrected chi connectivity index (χ3v) is 14.0. The number of rotatable bonds is 11. The molecule has 4 unspecified atom stereocenters. The molecule has 0 aromatic heterocycles. The molecule has 346 valence electrons. The van der Waals surface area contributed by atoms with Gasteiger partial charge in [-0.15, -0.1) is 0 Å². The summed E-state index contributed by atoms with van der Waals surface area (Å²) in [5.74, 6) is -1.29. The minimum absolute atomic E-state index is 0. The van der Waals surface area contributed by atoms with Crippen molar-refractivity contribution in [3.05, 3.63) is 126 Å². The number of nitrogens with zero attached hydrogens (tertiary/aromatic N) is 2. The Morgan fingerprint density at radius 3 is 1.64 bits per heavy atom. The SMILES string of the molecule is CCS(=O)(=O)Cc1ccc(Oc2ccccc2F)c(C2=CN(C)C(=O)C3NCCC23)c1.CN1C=C(c2cc(NS(=O)(=O)C(F)(F)F)ccc2Oc2ccccc2F)C2CCNC2C1=O.[HH].[HH].[HH]. The summed E-state index contributed by atoms with van der Waals surface area (Å²) in [5.41, 5.74) is -2.91. The standard InChI is InChI=1S/C23H25FN2O4S.C21H19F4N3O4S.3H2/c1-3-31(28,29)14-15-8-9-20(30-21-7-5-4-6-19(21)24)17(12-15)18-13-26(2)23(27)22-16(18)10-11-25-22;1-28-11-15(13-8-9-26-19(13)20(28)29)14-10-12(27-33(30,31)21(23,24)25)6-7-17(14)32-18-5-3-2-4-16(18)22;;;/h4-9,12-13,16,22,25H,3,10-11,14H2,1-2H3;2-7,10-11,13,19,26-27H,8-9H2,1H3;3*1H. The van der Waals surface area contributed by atoms with Crippen molar-refractivity contribution in [2.45, 2.75) is 43.1 Å². The van der Waals surface area contributed by atoms with Gasteiger partial charge in [-0.2, -0.15) is 21.6 Å². The number of halogens is 5. The van der Waals surface area contributed by atoms with E-state index in [-0.39, 0.29) is 74.0 Å². The highest BCUT2D eigenvalue weighted by atomic mass is 32.2. The van der Waals surface area contributed by atoms with E-state index in [2.05, 4.69) is 10.6 Å². The first-order chi connectivity index (χ1) is 30.3. The summed E-state index contributed by atoms with van der Waals surface area (Å²) in [6.45, 7) is 2.86. The highest BCUT2D eigenvalue weighted by molar-refractivity contribution is 7.93. The smallest absolute Gasteiger partial charge is 0.454 e. The molecule has 2 amide bonds. The van der Waals surface area contributed by atoms with Crippen molar-refractivity contribution in [2.75, 3.05) is 37.7 Å². The number of nitrogens with one attached hydrogen (secondary N) is 3. The minimum Gasteiger partial charge on any atom is -0.454 e. The molecule has 2 saturated heterocycles. The number of ether oxygens (including phenoxy) is 2. The van der Waals surface area contributed by atoms with E-state index in [0.717, 1.165) is 18.1 Å². The van der Waals surface area contributed by atoms with Crippen LogP contribution < -0.4 is 24.8 Å². The number of benzene rings is 4. The largest absolute Gasteiger partial charge is 0.516 e. The van der Waals surface area contributed by atoms with E-state index in [1.807, 2.05) is 0 Å². The number of sulfone groups is 1.